The number of sulfonamides is 1. The summed E-state index contributed by atoms with van der Waals surface area (Å²) in [5.41, 5.74) is 4.53. The van der Waals surface area contributed by atoms with Gasteiger partial charge in [0.2, 0.25) is 10.0 Å². The predicted molar refractivity (Wildman–Crippen MR) is 168 cm³/mol. The number of hydroxylamine groups is 1. The van der Waals surface area contributed by atoms with Gasteiger partial charge in [0, 0.05) is 38.5 Å². The second kappa shape index (κ2) is 13.3. The Kier molecular flexibility index (Phi) is 9.70. The molecule has 5 rings (SSSR count). The minimum absolute atomic E-state index is 0.0213. The number of hydrogen-bond donors (Lipinski definition) is 2. The summed E-state index contributed by atoms with van der Waals surface area (Å²) in [5.74, 6) is -1.78. The number of carbonyl (C=O) groups is 2. The smallest absolute Gasteiger partial charge is 0.255 e. The van der Waals surface area contributed by atoms with Gasteiger partial charge in [0.05, 0.1) is 17.7 Å². The maximum atomic E-state index is 14.3. The van der Waals surface area contributed by atoms with Gasteiger partial charge >= 0.3 is 0 Å². The second-order valence-corrected chi connectivity index (χ2v) is 13.7. The molecule has 1 saturated carbocycles. The number of aromatic nitrogens is 1. The average Bonchev–Trinajstić information content (AvgIpc) is 3.45. The van der Waals surface area contributed by atoms with E-state index in [1.165, 1.54) is 11.3 Å². The van der Waals surface area contributed by atoms with Crippen LogP contribution in [0.5, 0.6) is 0 Å². The summed E-state index contributed by atoms with van der Waals surface area (Å²) >= 11 is 14.4. The van der Waals surface area contributed by atoms with Gasteiger partial charge in [-0.1, -0.05) is 73.5 Å². The third-order valence-corrected chi connectivity index (χ3v) is 10.2. The molecule has 43 heavy (non-hydrogen) atoms. The van der Waals surface area contributed by atoms with E-state index in [0.29, 0.717) is 40.2 Å². The molecule has 2 heterocycles. The molecule has 226 valence electrons. The van der Waals surface area contributed by atoms with E-state index < -0.39 is 40.0 Å². The first-order chi connectivity index (χ1) is 20.6. The molecule has 1 fully saturated rings. The van der Waals surface area contributed by atoms with Crippen LogP contribution in [0.15, 0.2) is 66.4 Å². The molecule has 3 aromatic rings. The van der Waals surface area contributed by atoms with Crippen molar-refractivity contribution in [1.82, 2.24) is 20.1 Å². The third kappa shape index (κ3) is 6.72. The summed E-state index contributed by atoms with van der Waals surface area (Å²) in [7, 11) is -3.81. The zero-order valence-electron chi connectivity index (χ0n) is 23.0. The van der Waals surface area contributed by atoms with Crippen molar-refractivity contribution in [2.24, 2.45) is 0 Å². The number of rotatable bonds is 10. The first kappa shape index (κ1) is 31.4. The van der Waals surface area contributed by atoms with Gasteiger partial charge in [0.15, 0.2) is 0 Å². The van der Waals surface area contributed by atoms with Crippen molar-refractivity contribution in [2.45, 2.75) is 56.3 Å². The van der Waals surface area contributed by atoms with Crippen LogP contribution in [0.4, 0.5) is 0 Å². The lowest BCUT2D eigenvalue weighted by atomic mass is 9.76. The van der Waals surface area contributed by atoms with Crippen molar-refractivity contribution in [1.29, 1.82) is 0 Å². The fraction of sp³-hybridized carbons (Fsp3) is 0.300. The number of halogens is 2. The Labute approximate surface area is 264 Å². The highest BCUT2D eigenvalue weighted by Crippen LogP contribution is 2.47. The monoisotopic (exact) mass is 660 g/mol. The Bertz CT molecular complexity index is 1660. The summed E-state index contributed by atoms with van der Waals surface area (Å²) in [6, 6.07) is 9.72. The van der Waals surface area contributed by atoms with E-state index in [9.17, 15) is 18.0 Å². The zero-order chi connectivity index (χ0) is 30.7. The van der Waals surface area contributed by atoms with Crippen LogP contribution in [0.1, 0.15) is 69.8 Å². The number of nitrogens with one attached hydrogen (secondary N) is 2. The van der Waals surface area contributed by atoms with Gasteiger partial charge in [-0.3, -0.25) is 14.4 Å². The van der Waals surface area contributed by atoms with Crippen molar-refractivity contribution in [3.05, 3.63) is 104 Å². The summed E-state index contributed by atoms with van der Waals surface area (Å²) in [4.78, 5) is 40.0. The van der Waals surface area contributed by atoms with Crippen molar-refractivity contribution in [3.63, 3.8) is 0 Å². The quantitative estimate of drug-likeness (QED) is 0.258. The van der Waals surface area contributed by atoms with Crippen LogP contribution < -0.4 is 10.2 Å². The van der Waals surface area contributed by atoms with Crippen LogP contribution in [-0.4, -0.2) is 42.2 Å². The molecule has 4 atom stereocenters. The van der Waals surface area contributed by atoms with E-state index in [-0.39, 0.29) is 17.5 Å². The fourth-order valence-corrected chi connectivity index (χ4v) is 7.80. The first-order valence-electron chi connectivity index (χ1n) is 13.6. The van der Waals surface area contributed by atoms with Gasteiger partial charge in [0.1, 0.15) is 11.6 Å². The fourth-order valence-electron chi connectivity index (χ4n) is 5.84. The number of hydrogen-bond acceptors (Lipinski definition) is 7. The number of fused-ring (bicyclic) bond motifs is 1. The molecule has 1 aromatic heterocycles. The van der Waals surface area contributed by atoms with Crippen molar-refractivity contribution < 1.29 is 22.8 Å². The number of carbonyl (C=O) groups excluding carboxylic acids is 2. The highest BCUT2D eigenvalue weighted by Gasteiger charge is 2.49. The third-order valence-electron chi connectivity index (χ3n) is 7.70. The molecule has 0 unspecified atom stereocenters. The van der Waals surface area contributed by atoms with E-state index in [2.05, 4.69) is 28.3 Å². The molecule has 13 heteroatoms. The molecule has 1 aliphatic heterocycles. The SMILES string of the molecule is C=Cc1nc(CONC(=O)[C@@H]2c3ccccc3C(=O)N([C@H]3CCCC[C@@H]3NS(=O)(=O)C=C)[C@H]2c2ccc(Cl)cc2Cl)cs1. The number of amides is 2. The predicted octanol–water partition coefficient (Wildman–Crippen LogP) is 6.00. The average molecular weight is 662 g/mol. The van der Waals surface area contributed by atoms with Crippen LogP contribution in [0.25, 0.3) is 6.08 Å². The standard InChI is InChI=1S/C30H30Cl2N4O5S2/c1-3-26-33-19(17-42-26)16-41-34-29(37)27-20-9-5-6-10-21(20)30(38)36(28(27)22-14-13-18(31)15-23(22)32)25-12-8-7-11-24(25)35-43(39,40)4-2/h3-6,9-10,13-15,17,24-25,27-28,35H,1-2,7-8,11-12,16H2,(H,34,37)/t24-,25-,27+,28-/m0/s1. The number of benzene rings is 2. The lowest BCUT2D eigenvalue weighted by Gasteiger charge is -2.49. The van der Waals surface area contributed by atoms with Gasteiger partial charge in [-0.15, -0.1) is 11.3 Å². The van der Waals surface area contributed by atoms with Crippen molar-refractivity contribution >= 4 is 62.5 Å². The van der Waals surface area contributed by atoms with Gasteiger partial charge in [0.25, 0.3) is 11.8 Å². The van der Waals surface area contributed by atoms with E-state index in [4.69, 9.17) is 28.0 Å². The second-order valence-electron chi connectivity index (χ2n) is 10.3. The maximum Gasteiger partial charge on any atom is 0.255 e. The van der Waals surface area contributed by atoms with E-state index in [1.54, 1.807) is 53.4 Å². The highest BCUT2D eigenvalue weighted by atomic mass is 35.5. The van der Waals surface area contributed by atoms with Crippen LogP contribution in [0.3, 0.4) is 0 Å². The Hall–Kier alpha value is -3.06. The summed E-state index contributed by atoms with van der Waals surface area (Å²) in [6.07, 6.45) is 4.19. The molecule has 0 spiro atoms. The molecule has 2 amide bonds. The maximum absolute atomic E-state index is 14.3. The van der Waals surface area contributed by atoms with Gasteiger partial charge in [-0.05, 0) is 48.2 Å². The zero-order valence-corrected chi connectivity index (χ0v) is 26.2. The first-order valence-corrected chi connectivity index (χ1v) is 16.8. The van der Waals surface area contributed by atoms with E-state index in [1.807, 2.05) is 5.38 Å². The summed E-state index contributed by atoms with van der Waals surface area (Å²) < 4.78 is 27.9. The Morgan fingerprint density at radius 3 is 2.63 bits per heavy atom. The topological polar surface area (TPSA) is 118 Å². The normalized spacial score (nSPS) is 22.1. The van der Waals surface area contributed by atoms with Crippen LogP contribution >= 0.6 is 34.5 Å². The molecule has 2 N–H and O–H groups in total. The minimum atomic E-state index is -3.81. The highest BCUT2D eigenvalue weighted by molar-refractivity contribution is 7.92. The molecule has 0 radical (unpaired) electrons. The molecule has 2 aromatic carbocycles. The van der Waals surface area contributed by atoms with Gasteiger partial charge in [-0.2, -0.15) is 0 Å². The molecule has 0 bridgehead atoms. The molecule has 1 aliphatic carbocycles. The lowest BCUT2D eigenvalue weighted by Crippen LogP contribution is -2.59. The van der Waals surface area contributed by atoms with E-state index >= 15 is 0 Å². The Balaban J connectivity index is 1.59. The molecular weight excluding hydrogens is 631 g/mol. The van der Waals surface area contributed by atoms with Crippen LogP contribution in [0.2, 0.25) is 10.0 Å². The van der Waals surface area contributed by atoms with Crippen molar-refractivity contribution in [2.75, 3.05) is 0 Å². The summed E-state index contributed by atoms with van der Waals surface area (Å²) in [5, 5.41) is 4.05. The Morgan fingerprint density at radius 2 is 1.91 bits per heavy atom. The molecule has 2 aliphatic rings. The molecule has 0 saturated heterocycles. The van der Waals surface area contributed by atoms with Crippen molar-refractivity contribution in [3.8, 4) is 0 Å². The van der Waals surface area contributed by atoms with Crippen LogP contribution in [-0.2, 0) is 26.3 Å². The Morgan fingerprint density at radius 1 is 1.14 bits per heavy atom. The largest absolute Gasteiger partial charge is 0.326 e. The number of thiazole rings is 1. The van der Waals surface area contributed by atoms with Gasteiger partial charge in [-0.25, -0.2) is 23.6 Å². The summed E-state index contributed by atoms with van der Waals surface area (Å²) in [6.45, 7) is 7.15. The van der Waals surface area contributed by atoms with Gasteiger partial charge < -0.3 is 4.90 Å². The molecule has 9 nitrogen and oxygen atoms in total. The van der Waals surface area contributed by atoms with E-state index in [0.717, 1.165) is 23.3 Å². The lowest BCUT2D eigenvalue weighted by molar-refractivity contribution is -0.138. The number of nitrogens with zero attached hydrogens (tertiary/aromatic N) is 2. The minimum Gasteiger partial charge on any atom is -0.326 e. The van der Waals surface area contributed by atoms with Crippen LogP contribution in [0, 0.1) is 0 Å². The molecular formula is C30H30Cl2N4O5S2.